The SMILES string of the molecule is O=C(O)COc1ccc(F)c(CCc2c(F)ccc(-c3cccc(F)c3)c2F)c1F. The second-order valence-electron chi connectivity index (χ2n) is 6.42. The molecule has 156 valence electrons. The number of carboxylic acids is 1. The number of hydrogen-bond donors (Lipinski definition) is 1. The van der Waals surface area contributed by atoms with E-state index in [1.165, 1.54) is 18.2 Å². The summed E-state index contributed by atoms with van der Waals surface area (Å²) in [5, 5.41) is 8.61. The van der Waals surface area contributed by atoms with Crippen molar-refractivity contribution in [2.24, 2.45) is 0 Å². The highest BCUT2D eigenvalue weighted by Crippen LogP contribution is 2.30. The summed E-state index contributed by atoms with van der Waals surface area (Å²) in [5.41, 5.74) is -0.763. The zero-order valence-corrected chi connectivity index (χ0v) is 15.4. The molecule has 0 atom stereocenters. The van der Waals surface area contributed by atoms with Gasteiger partial charge < -0.3 is 9.84 Å². The Kier molecular flexibility index (Phi) is 6.34. The highest BCUT2D eigenvalue weighted by Gasteiger charge is 2.19. The number of aliphatic carboxylic acids is 1. The molecule has 0 saturated heterocycles. The molecule has 0 spiro atoms. The molecule has 8 heteroatoms. The number of carbonyl (C=O) groups is 1. The fraction of sp³-hybridized carbons (Fsp3) is 0.136. The second kappa shape index (κ2) is 8.94. The largest absolute Gasteiger partial charge is 0.479 e. The zero-order valence-electron chi connectivity index (χ0n) is 15.4. The fourth-order valence-corrected chi connectivity index (χ4v) is 3.01. The van der Waals surface area contributed by atoms with Crippen molar-refractivity contribution in [2.75, 3.05) is 6.61 Å². The average molecular weight is 422 g/mol. The molecule has 3 rings (SSSR count). The molecule has 0 aliphatic rings. The van der Waals surface area contributed by atoms with Crippen molar-refractivity contribution in [3.05, 3.63) is 88.7 Å². The number of halogens is 5. The molecule has 0 amide bonds. The van der Waals surface area contributed by atoms with Gasteiger partial charge in [0.15, 0.2) is 18.2 Å². The monoisotopic (exact) mass is 422 g/mol. The Morgan fingerprint density at radius 1 is 0.833 bits per heavy atom. The van der Waals surface area contributed by atoms with E-state index in [4.69, 9.17) is 9.84 Å². The molecule has 3 aromatic rings. The predicted octanol–water partition coefficient (Wildman–Crippen LogP) is 5.30. The lowest BCUT2D eigenvalue weighted by Gasteiger charge is -2.12. The fourth-order valence-electron chi connectivity index (χ4n) is 3.01. The summed E-state index contributed by atoms with van der Waals surface area (Å²) in [6.45, 7) is -0.832. The van der Waals surface area contributed by atoms with Crippen LogP contribution in [0.15, 0.2) is 48.5 Å². The molecule has 0 radical (unpaired) electrons. The first-order valence-electron chi connectivity index (χ1n) is 8.82. The smallest absolute Gasteiger partial charge is 0.341 e. The maximum absolute atomic E-state index is 14.9. The standard InChI is InChI=1S/C22H15F5O3/c23-13-3-1-2-12(10-13)14-6-7-17(24)15(21(14)26)4-5-16-18(25)8-9-19(22(16)27)30-11-20(28)29/h1-3,6-10H,4-5,11H2,(H,28,29). The number of hydrogen-bond acceptors (Lipinski definition) is 2. The number of benzene rings is 3. The lowest BCUT2D eigenvalue weighted by molar-refractivity contribution is -0.139. The van der Waals surface area contributed by atoms with E-state index in [9.17, 15) is 26.7 Å². The molecule has 0 fully saturated rings. The van der Waals surface area contributed by atoms with E-state index in [1.54, 1.807) is 0 Å². The van der Waals surface area contributed by atoms with Crippen molar-refractivity contribution in [1.29, 1.82) is 0 Å². The first-order valence-corrected chi connectivity index (χ1v) is 8.82. The minimum Gasteiger partial charge on any atom is -0.479 e. The first kappa shape index (κ1) is 21.3. The van der Waals surface area contributed by atoms with Gasteiger partial charge in [-0.05, 0) is 54.8 Å². The predicted molar refractivity (Wildman–Crippen MR) is 98.6 cm³/mol. The van der Waals surface area contributed by atoms with Crippen LogP contribution in [0.1, 0.15) is 11.1 Å². The van der Waals surface area contributed by atoms with Crippen LogP contribution in [0.4, 0.5) is 22.0 Å². The van der Waals surface area contributed by atoms with Crippen LogP contribution < -0.4 is 4.74 Å². The Balaban J connectivity index is 1.90. The summed E-state index contributed by atoms with van der Waals surface area (Å²) >= 11 is 0. The molecule has 0 aromatic heterocycles. The minimum absolute atomic E-state index is 0.0506. The van der Waals surface area contributed by atoms with Crippen molar-refractivity contribution in [2.45, 2.75) is 12.8 Å². The molecule has 3 nitrogen and oxygen atoms in total. The summed E-state index contributed by atoms with van der Waals surface area (Å²) in [4.78, 5) is 10.6. The van der Waals surface area contributed by atoms with Crippen molar-refractivity contribution in [3.8, 4) is 16.9 Å². The molecule has 30 heavy (non-hydrogen) atoms. The second-order valence-corrected chi connectivity index (χ2v) is 6.42. The van der Waals surface area contributed by atoms with Gasteiger partial charge in [0.25, 0.3) is 0 Å². The minimum atomic E-state index is -1.35. The van der Waals surface area contributed by atoms with Crippen LogP contribution in [0.2, 0.25) is 0 Å². The van der Waals surface area contributed by atoms with E-state index in [0.29, 0.717) is 0 Å². The third-order valence-corrected chi connectivity index (χ3v) is 4.45. The van der Waals surface area contributed by atoms with E-state index < -0.39 is 71.4 Å². The number of ether oxygens (including phenoxy) is 1. The lowest BCUT2D eigenvalue weighted by Crippen LogP contribution is -2.11. The van der Waals surface area contributed by atoms with E-state index in [0.717, 1.165) is 30.3 Å². The highest BCUT2D eigenvalue weighted by atomic mass is 19.1. The van der Waals surface area contributed by atoms with Gasteiger partial charge in [-0.15, -0.1) is 0 Å². The van der Waals surface area contributed by atoms with Crippen LogP contribution >= 0.6 is 0 Å². The van der Waals surface area contributed by atoms with Crippen LogP contribution in [-0.2, 0) is 17.6 Å². The Morgan fingerprint density at radius 3 is 2.10 bits per heavy atom. The van der Waals surface area contributed by atoms with Crippen LogP contribution in [0.25, 0.3) is 11.1 Å². The van der Waals surface area contributed by atoms with Gasteiger partial charge >= 0.3 is 5.97 Å². The van der Waals surface area contributed by atoms with Crippen LogP contribution in [-0.4, -0.2) is 17.7 Å². The maximum atomic E-state index is 14.9. The third kappa shape index (κ3) is 4.59. The molecule has 0 aliphatic heterocycles. The lowest BCUT2D eigenvalue weighted by atomic mass is 9.97. The quantitative estimate of drug-likeness (QED) is 0.526. The van der Waals surface area contributed by atoms with Crippen LogP contribution in [0.3, 0.4) is 0 Å². The van der Waals surface area contributed by atoms with Gasteiger partial charge in [-0.3, -0.25) is 0 Å². The molecule has 1 N–H and O–H groups in total. The Labute approximate surface area is 168 Å². The highest BCUT2D eigenvalue weighted by molar-refractivity contribution is 5.68. The van der Waals surface area contributed by atoms with Gasteiger partial charge in [0, 0.05) is 16.7 Å². The number of rotatable bonds is 7. The summed E-state index contributed by atoms with van der Waals surface area (Å²) in [6, 6.07) is 9.06. The van der Waals surface area contributed by atoms with E-state index in [-0.39, 0.29) is 11.1 Å². The molecule has 0 heterocycles. The summed E-state index contributed by atoms with van der Waals surface area (Å²) in [5.74, 6) is -6.40. The van der Waals surface area contributed by atoms with E-state index >= 15 is 0 Å². The third-order valence-electron chi connectivity index (χ3n) is 4.45. The van der Waals surface area contributed by atoms with Crippen molar-refractivity contribution in [3.63, 3.8) is 0 Å². The van der Waals surface area contributed by atoms with Gasteiger partial charge in [0.1, 0.15) is 23.3 Å². The average Bonchev–Trinajstić information content (AvgIpc) is 2.69. The molecule has 0 unspecified atom stereocenters. The number of carboxylic acid groups (broad SMARTS) is 1. The molecule has 0 aliphatic carbocycles. The van der Waals surface area contributed by atoms with Gasteiger partial charge in [-0.1, -0.05) is 12.1 Å². The Morgan fingerprint density at radius 2 is 1.47 bits per heavy atom. The molecule has 0 bridgehead atoms. The van der Waals surface area contributed by atoms with E-state index in [1.807, 2.05) is 0 Å². The summed E-state index contributed by atoms with van der Waals surface area (Å²) < 4.78 is 75.9. The zero-order chi connectivity index (χ0) is 21.8. The van der Waals surface area contributed by atoms with Gasteiger partial charge in [0.05, 0.1) is 0 Å². The molecular formula is C22H15F5O3. The van der Waals surface area contributed by atoms with E-state index in [2.05, 4.69) is 0 Å². The maximum Gasteiger partial charge on any atom is 0.341 e. The molecule has 3 aromatic carbocycles. The van der Waals surface area contributed by atoms with Crippen LogP contribution in [0, 0.1) is 29.1 Å². The van der Waals surface area contributed by atoms with Gasteiger partial charge in [0.2, 0.25) is 0 Å². The molecular weight excluding hydrogens is 407 g/mol. The molecule has 0 saturated carbocycles. The van der Waals surface area contributed by atoms with Gasteiger partial charge in [-0.25, -0.2) is 26.7 Å². The summed E-state index contributed by atoms with van der Waals surface area (Å²) in [6.07, 6.45) is -0.806. The van der Waals surface area contributed by atoms with Crippen LogP contribution in [0.5, 0.6) is 5.75 Å². The Bertz CT molecular complexity index is 1100. The topological polar surface area (TPSA) is 46.5 Å². The Hall–Kier alpha value is -3.42. The van der Waals surface area contributed by atoms with Crippen molar-refractivity contribution < 1.29 is 36.6 Å². The normalized spacial score (nSPS) is 10.8. The van der Waals surface area contributed by atoms with Gasteiger partial charge in [-0.2, -0.15) is 0 Å². The van der Waals surface area contributed by atoms with Crippen molar-refractivity contribution >= 4 is 5.97 Å². The van der Waals surface area contributed by atoms with Crippen molar-refractivity contribution in [1.82, 2.24) is 0 Å². The summed E-state index contributed by atoms with van der Waals surface area (Å²) in [7, 11) is 0. The first-order chi connectivity index (χ1) is 14.3.